The molecule has 4 atom stereocenters. The van der Waals surface area contributed by atoms with Crippen LogP contribution in [0.15, 0.2) is 0 Å². The van der Waals surface area contributed by atoms with E-state index in [9.17, 15) is 19.5 Å². The summed E-state index contributed by atoms with van der Waals surface area (Å²) in [6, 6.07) is 0. The number of hydrogen-bond acceptors (Lipinski definition) is 8. The van der Waals surface area contributed by atoms with Crippen LogP contribution in [0, 0.1) is 0 Å². The maximum absolute atomic E-state index is 11.3. The molecule has 0 aromatic rings. The van der Waals surface area contributed by atoms with Crippen LogP contribution in [0.4, 0.5) is 0 Å². The normalized spacial score (nSPS) is 32.4. The lowest BCUT2D eigenvalue weighted by atomic mass is 10.0. The van der Waals surface area contributed by atoms with Crippen molar-refractivity contribution < 1.29 is 42.5 Å². The first kappa shape index (κ1) is 11.2. The monoisotopic (exact) mass is 279 g/mol. The van der Waals surface area contributed by atoms with E-state index < -0.39 is 63.2 Å². The van der Waals surface area contributed by atoms with Gasteiger partial charge in [-0.3, -0.25) is 14.4 Å². The summed E-state index contributed by atoms with van der Waals surface area (Å²) in [5.74, 6) is -2.97. The van der Waals surface area contributed by atoms with Crippen LogP contribution < -0.4 is 0 Å². The molecule has 0 aromatic heterocycles. The summed E-state index contributed by atoms with van der Waals surface area (Å²) >= 11 is 0. The highest BCUT2D eigenvalue weighted by Crippen LogP contribution is 2.23. The molecule has 1 unspecified atom stereocenters. The van der Waals surface area contributed by atoms with Crippen molar-refractivity contribution >= 4 is 17.9 Å². The minimum absolute atomic E-state index is 0.374. The third-order valence-electron chi connectivity index (χ3n) is 2.19. The van der Waals surface area contributed by atoms with Gasteiger partial charge in [0.2, 0.25) is 12.4 Å². The number of carbonyl (C=O) groups excluding carboxylic acids is 3. The highest BCUT2D eigenvalue weighted by molar-refractivity contribution is 5.68. The summed E-state index contributed by atoms with van der Waals surface area (Å²) < 4.78 is 40.1. The van der Waals surface area contributed by atoms with Crippen molar-refractivity contribution in [3.05, 3.63) is 0 Å². The van der Waals surface area contributed by atoms with Gasteiger partial charge in [-0.25, -0.2) is 0 Å². The van der Waals surface area contributed by atoms with E-state index in [1.165, 1.54) is 0 Å². The molecule has 1 aliphatic rings. The lowest BCUT2D eigenvalue weighted by Gasteiger charge is -2.38. The Bertz CT molecular complexity index is 418. The highest BCUT2D eigenvalue weighted by atomic mass is 16.7. The Balaban J connectivity index is 2.92. The van der Waals surface area contributed by atoms with Crippen LogP contribution in [0.1, 0.15) is 24.8 Å². The van der Waals surface area contributed by atoms with Crippen LogP contribution in [-0.2, 0) is 33.3 Å². The predicted octanol–water partition coefficient (Wildman–Crippen LogP) is -0.870. The molecule has 0 bridgehead atoms. The van der Waals surface area contributed by atoms with Crippen LogP contribution in [0.25, 0.3) is 0 Å². The van der Waals surface area contributed by atoms with E-state index in [-0.39, 0.29) is 6.61 Å². The first-order valence-electron chi connectivity index (χ1n) is 7.30. The third kappa shape index (κ3) is 4.49. The van der Waals surface area contributed by atoms with Crippen LogP contribution >= 0.6 is 0 Å². The smallest absolute Gasteiger partial charge is 0.305 e. The van der Waals surface area contributed by atoms with Gasteiger partial charge in [0.05, 0.1) is 6.61 Å². The fourth-order valence-electron chi connectivity index (χ4n) is 1.56. The first-order valence-corrected chi connectivity index (χ1v) is 5.18. The fraction of sp³-hybridized carbons (Fsp3) is 0.727. The van der Waals surface area contributed by atoms with E-state index in [1.54, 1.807) is 0 Å². The van der Waals surface area contributed by atoms with Gasteiger partial charge in [0.15, 0.2) is 6.10 Å². The molecule has 0 amide bonds. The molecule has 8 heteroatoms. The van der Waals surface area contributed by atoms with E-state index in [0.717, 1.165) is 0 Å². The Hall–Kier alpha value is -1.67. The van der Waals surface area contributed by atoms with Crippen molar-refractivity contribution in [2.24, 2.45) is 0 Å². The molecule has 1 aliphatic heterocycles. The predicted molar refractivity (Wildman–Crippen MR) is 58.6 cm³/mol. The molecule has 0 spiro atoms. The Morgan fingerprint density at radius 1 is 1.05 bits per heavy atom. The first-order chi connectivity index (χ1) is 10.4. The molecular weight excluding hydrogens is 260 g/mol. The van der Waals surface area contributed by atoms with Crippen LogP contribution in [-0.4, -0.2) is 54.2 Å². The van der Waals surface area contributed by atoms with Gasteiger partial charge < -0.3 is 24.1 Å². The second-order valence-corrected chi connectivity index (χ2v) is 3.67. The molecule has 1 saturated heterocycles. The maximum Gasteiger partial charge on any atom is 0.305 e. The number of ether oxygens (including phenoxy) is 4. The summed E-state index contributed by atoms with van der Waals surface area (Å²) in [7, 11) is 0. The maximum atomic E-state index is 11.3. The number of esters is 3. The lowest BCUT2D eigenvalue weighted by molar-refractivity contribution is -0.271. The Kier molecular flexibility index (Phi) is 3.82. The van der Waals surface area contributed by atoms with Gasteiger partial charge >= 0.3 is 17.9 Å². The fourth-order valence-corrected chi connectivity index (χ4v) is 1.56. The number of aliphatic hydroxyl groups excluding tert-OH is 1. The molecule has 19 heavy (non-hydrogen) atoms. The van der Waals surface area contributed by atoms with Crippen molar-refractivity contribution in [3.63, 3.8) is 0 Å². The summed E-state index contributed by atoms with van der Waals surface area (Å²) in [6.07, 6.45) is -5.76. The average molecular weight is 279 g/mol. The van der Waals surface area contributed by atoms with E-state index >= 15 is 0 Å². The van der Waals surface area contributed by atoms with Crippen molar-refractivity contribution in [3.8, 4) is 0 Å². The van der Waals surface area contributed by atoms with Gasteiger partial charge in [-0.05, 0) is 0 Å². The molecule has 1 heterocycles. The Morgan fingerprint density at radius 3 is 2.16 bits per heavy atom. The van der Waals surface area contributed by atoms with E-state index in [1.807, 2.05) is 0 Å². The van der Waals surface area contributed by atoms with E-state index in [0.29, 0.717) is 0 Å². The molecule has 108 valence electrons. The zero-order valence-corrected chi connectivity index (χ0v) is 9.94. The second kappa shape index (κ2) is 6.48. The summed E-state index contributed by atoms with van der Waals surface area (Å²) in [6.45, 7) is -2.55. The van der Waals surface area contributed by atoms with Crippen molar-refractivity contribution in [2.75, 3.05) is 6.61 Å². The van der Waals surface area contributed by atoms with Crippen molar-refractivity contribution in [2.45, 2.75) is 45.3 Å². The van der Waals surface area contributed by atoms with Gasteiger partial charge in [-0.1, -0.05) is 0 Å². The quantitative estimate of drug-likeness (QED) is 0.524. The largest absolute Gasteiger partial charge is 0.455 e. The molecule has 1 N–H and O–H groups in total. The second-order valence-electron chi connectivity index (χ2n) is 3.67. The molecule has 1 rings (SSSR count). The zero-order valence-electron chi connectivity index (χ0n) is 12.9. The molecular formula is C11H16O8. The third-order valence-corrected chi connectivity index (χ3v) is 2.19. The molecule has 0 aromatic carbocycles. The summed E-state index contributed by atoms with van der Waals surface area (Å²) in [4.78, 5) is 33.7. The SMILES string of the molecule is [2H]CC(=O)OC1OC[C@@H](O)[C@@H](OC(=O)C[2H])[C@@H]1OC(=O)C[2H]. The van der Waals surface area contributed by atoms with Gasteiger partial charge in [0.25, 0.3) is 0 Å². The van der Waals surface area contributed by atoms with Gasteiger partial charge in [0, 0.05) is 24.8 Å². The average Bonchev–Trinajstić information content (AvgIpc) is 2.52. The molecule has 8 nitrogen and oxygen atoms in total. The van der Waals surface area contributed by atoms with E-state index in [2.05, 4.69) is 0 Å². The minimum atomic E-state index is -1.49. The Morgan fingerprint density at radius 2 is 1.58 bits per heavy atom. The summed E-state index contributed by atoms with van der Waals surface area (Å²) in [5, 5.41) is 9.80. The van der Waals surface area contributed by atoms with Crippen LogP contribution in [0.2, 0.25) is 0 Å². The number of hydrogen-bond donors (Lipinski definition) is 1. The van der Waals surface area contributed by atoms with Crippen LogP contribution in [0.5, 0.6) is 0 Å². The summed E-state index contributed by atoms with van der Waals surface area (Å²) in [5.41, 5.74) is 0. The van der Waals surface area contributed by atoms with Crippen molar-refractivity contribution in [1.29, 1.82) is 0 Å². The number of carbonyl (C=O) groups is 3. The lowest BCUT2D eigenvalue weighted by Crippen LogP contribution is -2.57. The zero-order chi connectivity index (χ0) is 16.7. The number of aliphatic hydroxyl groups is 1. The number of rotatable bonds is 3. The highest BCUT2D eigenvalue weighted by Gasteiger charge is 2.46. The van der Waals surface area contributed by atoms with Gasteiger partial charge in [-0.15, -0.1) is 0 Å². The van der Waals surface area contributed by atoms with Crippen molar-refractivity contribution in [1.82, 2.24) is 0 Å². The van der Waals surface area contributed by atoms with Crippen LogP contribution in [0.3, 0.4) is 0 Å². The minimum Gasteiger partial charge on any atom is -0.455 e. The topological polar surface area (TPSA) is 108 Å². The molecule has 0 saturated carbocycles. The molecule has 0 aliphatic carbocycles. The molecule has 1 fully saturated rings. The van der Waals surface area contributed by atoms with Gasteiger partial charge in [-0.2, -0.15) is 0 Å². The van der Waals surface area contributed by atoms with Gasteiger partial charge in [0.1, 0.15) is 6.10 Å². The molecule has 0 radical (unpaired) electrons. The Labute approximate surface area is 113 Å². The standard InChI is InChI=1S/C11H16O8/c1-5(12)17-9-8(15)4-16-11(19-7(3)14)10(9)18-6(2)13/h8-11,15H,4H2,1-3H3/t8-,9-,10+,11?/m1/s1/i1D,2D,3D. The van der Waals surface area contributed by atoms with E-state index in [4.69, 9.17) is 23.1 Å².